The van der Waals surface area contributed by atoms with Crippen LogP contribution in [0.2, 0.25) is 0 Å². The summed E-state index contributed by atoms with van der Waals surface area (Å²) in [5, 5.41) is -1.86. The van der Waals surface area contributed by atoms with Gasteiger partial charge in [-0.25, -0.2) is 0 Å². The smallest absolute Gasteiger partial charge is 0.321 e. The number of benzene rings is 5. The zero-order chi connectivity index (χ0) is 40.3. The Morgan fingerprint density at radius 2 is 0.345 bits per heavy atom. The van der Waals surface area contributed by atoms with E-state index in [4.69, 9.17) is 0 Å². The third-order valence-electron chi connectivity index (χ3n) is 8.91. The van der Waals surface area contributed by atoms with Gasteiger partial charge in [-0.15, -0.1) is 0 Å². The second-order valence-corrected chi connectivity index (χ2v) is 21.7. The van der Waals surface area contributed by atoms with Crippen molar-refractivity contribution in [1.82, 2.24) is 0 Å². The molecule has 55 heavy (non-hydrogen) atoms. The Bertz CT molecular complexity index is 2080. The van der Waals surface area contributed by atoms with Crippen molar-refractivity contribution in [2.45, 2.75) is 32.1 Å². The Balaban J connectivity index is 1.64. The molecule has 0 saturated carbocycles. The topological polar surface area (TPSA) is 288 Å². The quantitative estimate of drug-likeness (QED) is 0.111. The van der Waals surface area contributed by atoms with Gasteiger partial charge < -0.3 is 48.9 Å². The van der Waals surface area contributed by atoms with Crippen LogP contribution < -0.4 is 26.5 Å². The van der Waals surface area contributed by atoms with Crippen molar-refractivity contribution in [1.29, 1.82) is 0 Å². The predicted molar refractivity (Wildman–Crippen MR) is 205 cm³/mol. The van der Waals surface area contributed by atoms with E-state index in [0.717, 1.165) is 0 Å². The van der Waals surface area contributed by atoms with Gasteiger partial charge in [-0.3, -0.25) is 22.8 Å². The van der Waals surface area contributed by atoms with Crippen LogP contribution in [-0.2, 0) is 54.9 Å². The summed E-state index contributed by atoms with van der Waals surface area (Å²) in [6, 6.07) is 20.5. The van der Waals surface area contributed by atoms with E-state index in [2.05, 4.69) is 0 Å². The molecule has 5 aromatic rings. The van der Waals surface area contributed by atoms with Gasteiger partial charge in [0.2, 0.25) is 0 Å². The Kier molecular flexibility index (Phi) is 11.3. The molecule has 0 radical (unpaired) electrons. The number of hydrogen-bond acceptors (Lipinski definition) is 5. The first kappa shape index (κ1) is 41.5. The van der Waals surface area contributed by atoms with E-state index in [9.17, 15) is 71.8 Å². The highest BCUT2D eigenvalue weighted by atomic mass is 31.2. The van der Waals surface area contributed by atoms with Crippen molar-refractivity contribution >= 4 is 64.5 Å². The van der Waals surface area contributed by atoms with Gasteiger partial charge in [0.15, 0.2) is 0 Å². The van der Waals surface area contributed by atoms with Gasteiger partial charge in [0.1, 0.15) is 0 Å². The summed E-state index contributed by atoms with van der Waals surface area (Å²) in [5.74, 6) is 0. The highest BCUT2D eigenvalue weighted by molar-refractivity contribution is 7.61. The molecular formula is C35H35O15P5. The van der Waals surface area contributed by atoms with Crippen LogP contribution in [0.1, 0.15) is 55.6 Å². The number of fused-ring (bicyclic) bond motifs is 10. The zero-order valence-electron chi connectivity index (χ0n) is 28.4. The van der Waals surface area contributed by atoms with E-state index in [1.54, 1.807) is 30.3 Å². The molecule has 5 aromatic carbocycles. The van der Waals surface area contributed by atoms with Crippen molar-refractivity contribution < 1.29 is 71.8 Å². The number of hydrogen-bond donors (Lipinski definition) is 10. The van der Waals surface area contributed by atoms with E-state index < -0.39 is 38.0 Å². The molecular weight excluding hydrogens is 815 g/mol. The maximum Gasteiger partial charge on any atom is 0.356 e. The van der Waals surface area contributed by atoms with Gasteiger partial charge >= 0.3 is 38.0 Å². The van der Waals surface area contributed by atoms with Crippen LogP contribution >= 0.6 is 38.0 Å². The standard InChI is InChI=1S/C35H35O15P5/c36-51(37,38)31-11-21-1-22(12-31)7-24-3-26(16-33(14-24)53(42,43)44)9-28-5-30(20-35(18-28)55(48,49)50)10-29-4-27(17-34(19-29)54(45,46)47)8-25-2-23(6-21)13-32(15-25)52(39,40)41/h1-5,11-20H,6-10H2,(H2,36,37,38)(H2,39,40,41)(H2,42,43,44)(H2,45,46,47)(H2,48,49,50). The Morgan fingerprint density at radius 1 is 0.236 bits per heavy atom. The van der Waals surface area contributed by atoms with E-state index in [1.807, 2.05) is 0 Å². The molecule has 1 aliphatic carbocycles. The van der Waals surface area contributed by atoms with Crippen LogP contribution in [0.4, 0.5) is 0 Å². The molecule has 6 rings (SSSR count). The van der Waals surface area contributed by atoms with Crippen molar-refractivity contribution in [3.05, 3.63) is 147 Å². The zero-order valence-corrected chi connectivity index (χ0v) is 32.9. The molecule has 0 aromatic heterocycles. The Morgan fingerprint density at radius 3 is 0.436 bits per heavy atom. The predicted octanol–water partition coefficient (Wildman–Crippen LogP) is 1.97. The highest BCUT2D eigenvalue weighted by Gasteiger charge is 2.25. The lowest BCUT2D eigenvalue weighted by Gasteiger charge is -2.17. The van der Waals surface area contributed by atoms with Crippen molar-refractivity contribution in [3.63, 3.8) is 0 Å². The van der Waals surface area contributed by atoms with Gasteiger partial charge in [-0.05, 0) is 148 Å². The average molecular weight is 851 g/mol. The number of rotatable bonds is 5. The highest BCUT2D eigenvalue weighted by Crippen LogP contribution is 2.39. The summed E-state index contributed by atoms with van der Waals surface area (Å²) < 4.78 is 62.7. The molecule has 0 unspecified atom stereocenters. The van der Waals surface area contributed by atoms with Crippen LogP contribution in [0.3, 0.4) is 0 Å². The molecule has 15 nitrogen and oxygen atoms in total. The minimum absolute atomic E-state index is 0.0697. The van der Waals surface area contributed by atoms with Crippen LogP contribution in [0.5, 0.6) is 0 Å². The van der Waals surface area contributed by atoms with Crippen LogP contribution in [-0.4, -0.2) is 48.9 Å². The minimum atomic E-state index is -4.88. The van der Waals surface area contributed by atoms with Crippen LogP contribution in [0, 0.1) is 0 Å². The Labute approximate surface area is 314 Å². The van der Waals surface area contributed by atoms with Gasteiger partial charge in [0.05, 0.1) is 26.5 Å². The van der Waals surface area contributed by atoms with Crippen LogP contribution in [0.25, 0.3) is 0 Å². The molecule has 1 aliphatic rings. The van der Waals surface area contributed by atoms with E-state index in [-0.39, 0.29) is 58.6 Å². The molecule has 0 amide bonds. The van der Waals surface area contributed by atoms with Crippen LogP contribution in [0.15, 0.2) is 91.0 Å². The summed E-state index contributed by atoms with van der Waals surface area (Å²) in [7, 11) is -24.4. The molecule has 10 bridgehead atoms. The summed E-state index contributed by atoms with van der Waals surface area (Å²) in [4.78, 5) is 102. The average Bonchev–Trinajstić information content (AvgIpc) is 3.02. The van der Waals surface area contributed by atoms with E-state index in [1.165, 1.54) is 60.7 Å². The largest absolute Gasteiger partial charge is 0.356 e. The monoisotopic (exact) mass is 850 g/mol. The van der Waals surface area contributed by atoms with Gasteiger partial charge in [-0.1, -0.05) is 30.3 Å². The first-order chi connectivity index (χ1) is 25.3. The molecule has 290 valence electrons. The summed E-state index contributed by atoms with van der Waals surface area (Å²) in [6.45, 7) is 0. The minimum Gasteiger partial charge on any atom is -0.321 e. The van der Waals surface area contributed by atoms with Crippen molar-refractivity contribution in [2.75, 3.05) is 0 Å². The Hall–Kier alpha value is -3.15. The van der Waals surface area contributed by atoms with Gasteiger partial charge in [-0.2, -0.15) is 0 Å². The lowest BCUT2D eigenvalue weighted by Crippen LogP contribution is -2.13. The molecule has 20 heteroatoms. The fourth-order valence-corrected chi connectivity index (χ4v) is 10.1. The molecule has 0 spiro atoms. The first-order valence-corrected chi connectivity index (χ1v) is 24.3. The molecule has 0 atom stereocenters. The normalized spacial score (nSPS) is 14.4. The SMILES string of the molecule is O=P(O)(O)c1cc2cc(c1)Cc1cc(cc(P(=O)(O)O)c1)Cc1cc(cc(P(=O)(O)O)c1)Cc1cc(cc(P(=O)(O)O)c1)Cc1cc(cc(P(=O)(O)O)c1)C2. The lowest BCUT2D eigenvalue weighted by molar-refractivity contribution is 0.385. The summed E-state index contributed by atoms with van der Waals surface area (Å²) in [5.41, 5.74) is 3.31. The van der Waals surface area contributed by atoms with Gasteiger partial charge in [0, 0.05) is 0 Å². The lowest BCUT2D eigenvalue weighted by atomic mass is 9.94. The third-order valence-corrected chi connectivity index (χ3v) is 13.6. The molecule has 0 fully saturated rings. The maximum atomic E-state index is 12.5. The summed E-state index contributed by atoms with van der Waals surface area (Å²) in [6.07, 6.45) is -0.348. The molecule has 0 saturated heterocycles. The first-order valence-electron chi connectivity index (χ1n) is 16.2. The summed E-state index contributed by atoms with van der Waals surface area (Å²) >= 11 is 0. The van der Waals surface area contributed by atoms with E-state index in [0.29, 0.717) is 55.6 Å². The van der Waals surface area contributed by atoms with E-state index >= 15 is 0 Å². The fourth-order valence-electron chi connectivity index (χ4n) is 6.76. The molecule has 0 aliphatic heterocycles. The van der Waals surface area contributed by atoms with Crippen molar-refractivity contribution in [3.8, 4) is 0 Å². The van der Waals surface area contributed by atoms with Gasteiger partial charge in [0.25, 0.3) is 0 Å². The third kappa shape index (κ3) is 10.6. The maximum absolute atomic E-state index is 12.5. The second kappa shape index (κ2) is 15.0. The molecule has 0 heterocycles. The van der Waals surface area contributed by atoms with Crippen molar-refractivity contribution in [2.24, 2.45) is 0 Å². The molecule has 10 N–H and O–H groups in total. The fraction of sp³-hybridized carbons (Fsp3) is 0.143. The second-order valence-electron chi connectivity index (χ2n) is 13.6.